The summed E-state index contributed by atoms with van der Waals surface area (Å²) in [5, 5.41) is 9.07. The summed E-state index contributed by atoms with van der Waals surface area (Å²) in [6.07, 6.45) is 2.85. The normalized spacial score (nSPS) is 22.9. The van der Waals surface area contributed by atoms with Crippen molar-refractivity contribution in [2.45, 2.75) is 44.8 Å². The van der Waals surface area contributed by atoms with E-state index >= 15 is 0 Å². The van der Waals surface area contributed by atoms with E-state index in [-0.39, 0.29) is 36.7 Å². The highest BCUT2D eigenvalue weighted by atomic mass is 16.2. The number of fused-ring (bicyclic) bond motifs is 1. The molecule has 0 unspecified atom stereocenters. The first kappa shape index (κ1) is 17.2. The lowest BCUT2D eigenvalue weighted by Gasteiger charge is -2.39. The summed E-state index contributed by atoms with van der Waals surface area (Å²) in [4.78, 5) is 42.5. The van der Waals surface area contributed by atoms with Crippen LogP contribution in [0.15, 0.2) is 18.3 Å². The molecule has 0 radical (unpaired) electrons. The van der Waals surface area contributed by atoms with Crippen molar-refractivity contribution in [3.05, 3.63) is 23.9 Å². The zero-order valence-electron chi connectivity index (χ0n) is 14.5. The van der Waals surface area contributed by atoms with Crippen molar-refractivity contribution in [1.29, 1.82) is 0 Å². The molecular weight excluding hydrogens is 322 g/mol. The predicted molar refractivity (Wildman–Crippen MR) is 91.8 cm³/mol. The maximum absolute atomic E-state index is 12.4. The number of anilines is 1. The van der Waals surface area contributed by atoms with Crippen molar-refractivity contribution in [3.8, 4) is 0 Å². The molecule has 1 saturated heterocycles. The number of carbonyl (C=O) groups is 3. The van der Waals surface area contributed by atoms with Gasteiger partial charge in [0.1, 0.15) is 11.5 Å². The minimum atomic E-state index is -0.711. The van der Waals surface area contributed by atoms with Gasteiger partial charge in [0.2, 0.25) is 11.8 Å². The van der Waals surface area contributed by atoms with E-state index in [1.807, 2.05) is 13.8 Å². The van der Waals surface area contributed by atoms with E-state index in [2.05, 4.69) is 20.9 Å². The average molecular weight is 345 g/mol. The molecule has 3 heterocycles. The third kappa shape index (κ3) is 3.72. The summed E-state index contributed by atoms with van der Waals surface area (Å²) in [6, 6.07) is 3.45. The van der Waals surface area contributed by atoms with Crippen LogP contribution in [0, 0.1) is 0 Å². The van der Waals surface area contributed by atoms with Gasteiger partial charge in [-0.15, -0.1) is 0 Å². The summed E-state index contributed by atoms with van der Waals surface area (Å²) < 4.78 is 0. The summed E-state index contributed by atoms with van der Waals surface area (Å²) >= 11 is 0. The van der Waals surface area contributed by atoms with Crippen molar-refractivity contribution in [2.24, 2.45) is 0 Å². The molecule has 1 fully saturated rings. The second kappa shape index (κ2) is 6.70. The Hall–Kier alpha value is -2.64. The molecule has 3 amide bonds. The quantitative estimate of drug-likeness (QED) is 0.739. The molecule has 1 spiro atoms. The molecule has 2 aliphatic heterocycles. The number of hydrogen-bond donors (Lipinski definition) is 3. The smallest absolute Gasteiger partial charge is 0.256 e. The molecule has 1 aromatic heterocycles. The van der Waals surface area contributed by atoms with Gasteiger partial charge in [0.05, 0.1) is 12.1 Å². The van der Waals surface area contributed by atoms with Gasteiger partial charge in [0.15, 0.2) is 0 Å². The van der Waals surface area contributed by atoms with Crippen LogP contribution >= 0.6 is 0 Å². The number of carbonyl (C=O) groups excluding carboxylic acids is 3. The molecule has 1 atom stereocenters. The third-order valence-corrected chi connectivity index (χ3v) is 4.47. The Bertz CT molecular complexity index is 705. The molecule has 1 aromatic rings. The molecule has 25 heavy (non-hydrogen) atoms. The van der Waals surface area contributed by atoms with Gasteiger partial charge in [-0.3, -0.25) is 14.4 Å². The van der Waals surface area contributed by atoms with E-state index in [1.54, 1.807) is 23.2 Å². The molecule has 134 valence electrons. The Morgan fingerprint density at radius 1 is 1.36 bits per heavy atom. The molecule has 2 aliphatic rings. The van der Waals surface area contributed by atoms with Gasteiger partial charge in [0, 0.05) is 31.6 Å². The second-order valence-corrected chi connectivity index (χ2v) is 6.85. The van der Waals surface area contributed by atoms with Crippen LogP contribution in [-0.2, 0) is 9.59 Å². The number of aromatic nitrogens is 1. The zero-order valence-corrected chi connectivity index (χ0v) is 14.5. The van der Waals surface area contributed by atoms with Crippen LogP contribution in [-0.4, -0.2) is 52.4 Å². The Labute approximate surface area is 146 Å². The molecule has 3 N–H and O–H groups in total. The van der Waals surface area contributed by atoms with E-state index in [4.69, 9.17) is 0 Å². The lowest BCUT2D eigenvalue weighted by molar-refractivity contribution is -0.135. The van der Waals surface area contributed by atoms with Crippen molar-refractivity contribution in [3.63, 3.8) is 0 Å². The maximum atomic E-state index is 12.4. The van der Waals surface area contributed by atoms with Gasteiger partial charge >= 0.3 is 0 Å². The van der Waals surface area contributed by atoms with Crippen LogP contribution in [0.3, 0.4) is 0 Å². The molecule has 8 heteroatoms. The minimum absolute atomic E-state index is 0.0304. The lowest BCUT2D eigenvalue weighted by Crippen LogP contribution is -2.58. The van der Waals surface area contributed by atoms with Gasteiger partial charge in [0.25, 0.3) is 5.91 Å². The van der Waals surface area contributed by atoms with Gasteiger partial charge in [-0.05, 0) is 32.4 Å². The van der Waals surface area contributed by atoms with Crippen LogP contribution in [0.4, 0.5) is 5.82 Å². The maximum Gasteiger partial charge on any atom is 0.256 e. The number of amides is 3. The number of likely N-dealkylation sites (tertiary alicyclic amines) is 1. The van der Waals surface area contributed by atoms with Crippen molar-refractivity contribution in [1.82, 2.24) is 20.5 Å². The molecule has 8 nitrogen and oxygen atoms in total. The fraction of sp³-hybridized carbons (Fsp3) is 0.529. The zero-order chi connectivity index (χ0) is 18.0. The number of hydrogen-bond acceptors (Lipinski definition) is 5. The minimum Gasteiger partial charge on any atom is -0.352 e. The van der Waals surface area contributed by atoms with Gasteiger partial charge in [-0.2, -0.15) is 0 Å². The van der Waals surface area contributed by atoms with E-state index in [9.17, 15) is 14.4 Å². The summed E-state index contributed by atoms with van der Waals surface area (Å²) in [5.74, 6) is 0.0793. The molecule has 0 bridgehead atoms. The number of rotatable bonds is 3. The monoisotopic (exact) mass is 345 g/mol. The molecule has 0 aliphatic carbocycles. The number of nitrogens with zero attached hydrogens (tertiary/aromatic N) is 2. The number of nitrogens with one attached hydrogen (secondary N) is 3. The summed E-state index contributed by atoms with van der Waals surface area (Å²) in [7, 11) is 0. The van der Waals surface area contributed by atoms with Crippen molar-refractivity contribution < 1.29 is 14.4 Å². The Morgan fingerprint density at radius 2 is 2.16 bits per heavy atom. The molecule has 3 rings (SSSR count). The number of pyridine rings is 1. The van der Waals surface area contributed by atoms with Crippen LogP contribution < -0.4 is 16.0 Å². The SMILES string of the molecule is CC(C)NC(=O)CN1CC[C@]2(CCC1=O)NC(=O)c1cccnc1N2. The van der Waals surface area contributed by atoms with E-state index in [0.29, 0.717) is 30.8 Å². The Morgan fingerprint density at radius 3 is 2.92 bits per heavy atom. The van der Waals surface area contributed by atoms with Gasteiger partial charge < -0.3 is 20.9 Å². The van der Waals surface area contributed by atoms with Gasteiger partial charge in [-0.25, -0.2) is 4.98 Å². The van der Waals surface area contributed by atoms with E-state index in [0.717, 1.165) is 0 Å². The van der Waals surface area contributed by atoms with E-state index in [1.165, 1.54) is 0 Å². The fourth-order valence-electron chi connectivity index (χ4n) is 3.24. The largest absolute Gasteiger partial charge is 0.352 e. The van der Waals surface area contributed by atoms with E-state index < -0.39 is 5.66 Å². The van der Waals surface area contributed by atoms with Crippen molar-refractivity contribution in [2.75, 3.05) is 18.4 Å². The molecule has 0 saturated carbocycles. The Kier molecular flexibility index (Phi) is 4.61. The summed E-state index contributed by atoms with van der Waals surface area (Å²) in [5.41, 5.74) is -0.214. The standard InChI is InChI=1S/C17H23N5O3/c1-11(2)19-13(23)10-22-9-7-17(6-5-14(22)24)20-15-12(16(25)21-17)4-3-8-18-15/h3-4,8,11H,5-7,9-10H2,1-2H3,(H,18,20)(H,19,23)(H,21,25)/t17-/m0/s1. The second-order valence-electron chi connectivity index (χ2n) is 6.85. The average Bonchev–Trinajstić information content (AvgIpc) is 2.68. The highest BCUT2D eigenvalue weighted by Gasteiger charge is 2.41. The predicted octanol–water partition coefficient (Wildman–Crippen LogP) is 0.470. The first-order valence-electron chi connectivity index (χ1n) is 8.51. The molecular formula is C17H23N5O3. The van der Waals surface area contributed by atoms with Crippen LogP contribution in [0.25, 0.3) is 0 Å². The first-order chi connectivity index (χ1) is 11.9. The van der Waals surface area contributed by atoms with Crippen LogP contribution in [0.5, 0.6) is 0 Å². The van der Waals surface area contributed by atoms with Crippen molar-refractivity contribution >= 4 is 23.5 Å². The first-order valence-corrected chi connectivity index (χ1v) is 8.51. The highest BCUT2D eigenvalue weighted by molar-refractivity contribution is 6.01. The fourth-order valence-corrected chi connectivity index (χ4v) is 3.24. The highest BCUT2D eigenvalue weighted by Crippen LogP contribution is 2.30. The summed E-state index contributed by atoms with van der Waals surface area (Å²) in [6.45, 7) is 4.18. The molecule has 0 aromatic carbocycles. The van der Waals surface area contributed by atoms with Gasteiger partial charge in [-0.1, -0.05) is 0 Å². The van der Waals surface area contributed by atoms with Crippen LogP contribution in [0.1, 0.15) is 43.5 Å². The third-order valence-electron chi connectivity index (χ3n) is 4.47. The topological polar surface area (TPSA) is 103 Å². The Balaban J connectivity index is 1.72. The van der Waals surface area contributed by atoms with Crippen LogP contribution in [0.2, 0.25) is 0 Å². The lowest BCUT2D eigenvalue weighted by atomic mass is 9.97.